The highest BCUT2D eigenvalue weighted by Gasteiger charge is 2.10. The van der Waals surface area contributed by atoms with Crippen molar-refractivity contribution < 1.29 is 4.79 Å². The molecule has 1 aliphatic heterocycles. The largest absolute Gasteiger partial charge is 0.356 e. The number of aromatic nitrogens is 2. The number of carbonyl (C=O) groups is 1. The molecule has 0 unspecified atom stereocenters. The van der Waals surface area contributed by atoms with Gasteiger partial charge in [-0.2, -0.15) is 0 Å². The molecule has 0 radical (unpaired) electrons. The van der Waals surface area contributed by atoms with Gasteiger partial charge in [0.1, 0.15) is 0 Å². The lowest BCUT2D eigenvalue weighted by molar-refractivity contribution is -0.121. The molecule has 8 nitrogen and oxygen atoms in total. The van der Waals surface area contributed by atoms with Crippen molar-refractivity contribution in [3.63, 3.8) is 0 Å². The van der Waals surface area contributed by atoms with Gasteiger partial charge < -0.3 is 15.5 Å². The van der Waals surface area contributed by atoms with E-state index in [1.165, 1.54) is 4.57 Å². The summed E-state index contributed by atoms with van der Waals surface area (Å²) < 4.78 is 1.44. The standard InChI is InChI=1S/C18H25N5O3/c24-16(20-7-3-10-22-12-8-19-9-13-22)6-11-23-15-5-2-1-4-14(15)17(25)21-18(23)26/h1-2,4-5,19H,3,6-13H2,(H,20,24)(H,21,25,26). The Labute approximate surface area is 151 Å². The maximum atomic E-state index is 12.1. The van der Waals surface area contributed by atoms with Crippen LogP contribution in [0.1, 0.15) is 12.8 Å². The fourth-order valence-corrected chi connectivity index (χ4v) is 3.23. The zero-order valence-corrected chi connectivity index (χ0v) is 14.8. The van der Waals surface area contributed by atoms with Crippen LogP contribution in [0.3, 0.4) is 0 Å². The monoisotopic (exact) mass is 359 g/mol. The van der Waals surface area contributed by atoms with Crippen molar-refractivity contribution >= 4 is 16.8 Å². The summed E-state index contributed by atoms with van der Waals surface area (Å²) in [5.41, 5.74) is -0.341. The molecule has 1 fully saturated rings. The molecule has 1 amide bonds. The number of fused-ring (bicyclic) bond motifs is 1. The predicted octanol–water partition coefficient (Wildman–Crippen LogP) is -0.509. The predicted molar refractivity (Wildman–Crippen MR) is 100 cm³/mol. The van der Waals surface area contributed by atoms with E-state index in [0.29, 0.717) is 17.4 Å². The highest BCUT2D eigenvalue weighted by molar-refractivity contribution is 5.78. The molecular weight excluding hydrogens is 334 g/mol. The van der Waals surface area contributed by atoms with E-state index >= 15 is 0 Å². The summed E-state index contributed by atoms with van der Waals surface area (Å²) in [6.07, 6.45) is 1.11. The van der Waals surface area contributed by atoms with E-state index in [1.807, 2.05) is 0 Å². The average molecular weight is 359 g/mol. The molecule has 0 saturated carbocycles. The van der Waals surface area contributed by atoms with Crippen LogP contribution in [0.5, 0.6) is 0 Å². The van der Waals surface area contributed by atoms with Gasteiger partial charge in [-0.3, -0.25) is 19.1 Å². The number of nitrogens with one attached hydrogen (secondary N) is 3. The fraction of sp³-hybridized carbons (Fsp3) is 0.500. The minimum atomic E-state index is -0.486. The highest BCUT2D eigenvalue weighted by Crippen LogP contribution is 2.07. The number of amides is 1. The third-order valence-corrected chi connectivity index (χ3v) is 4.65. The highest BCUT2D eigenvalue weighted by atomic mass is 16.2. The van der Waals surface area contributed by atoms with Crippen LogP contribution in [-0.4, -0.2) is 59.6 Å². The molecule has 2 aromatic rings. The molecule has 3 N–H and O–H groups in total. The van der Waals surface area contributed by atoms with Gasteiger partial charge in [0.05, 0.1) is 10.9 Å². The zero-order valence-electron chi connectivity index (χ0n) is 14.8. The van der Waals surface area contributed by atoms with Crippen LogP contribution in [0.25, 0.3) is 10.9 Å². The number of aryl methyl sites for hydroxylation is 1. The number of hydrogen-bond acceptors (Lipinski definition) is 5. The van der Waals surface area contributed by atoms with Crippen molar-refractivity contribution in [1.82, 2.24) is 25.1 Å². The van der Waals surface area contributed by atoms with Crippen LogP contribution < -0.4 is 21.9 Å². The summed E-state index contributed by atoms with van der Waals surface area (Å²) in [6, 6.07) is 6.91. The molecule has 26 heavy (non-hydrogen) atoms. The summed E-state index contributed by atoms with van der Waals surface area (Å²) >= 11 is 0. The van der Waals surface area contributed by atoms with Crippen molar-refractivity contribution in [2.75, 3.05) is 39.3 Å². The number of piperazine rings is 1. The minimum absolute atomic E-state index is 0.0903. The normalized spacial score (nSPS) is 15.2. The number of rotatable bonds is 7. The first kappa shape index (κ1) is 18.3. The van der Waals surface area contributed by atoms with Gasteiger partial charge in [0.25, 0.3) is 5.56 Å². The van der Waals surface area contributed by atoms with E-state index < -0.39 is 11.2 Å². The summed E-state index contributed by atoms with van der Waals surface area (Å²) in [5.74, 6) is -0.0903. The second-order valence-electron chi connectivity index (χ2n) is 6.47. The number of hydrogen-bond donors (Lipinski definition) is 3. The van der Waals surface area contributed by atoms with Crippen molar-refractivity contribution in [3.8, 4) is 0 Å². The first-order valence-electron chi connectivity index (χ1n) is 9.07. The van der Waals surface area contributed by atoms with E-state index in [4.69, 9.17) is 0 Å². The number of H-pyrrole nitrogens is 1. The number of benzene rings is 1. The van der Waals surface area contributed by atoms with Crippen LogP contribution in [-0.2, 0) is 11.3 Å². The molecule has 1 aliphatic rings. The minimum Gasteiger partial charge on any atom is -0.356 e. The maximum Gasteiger partial charge on any atom is 0.328 e. The molecule has 0 aliphatic carbocycles. The van der Waals surface area contributed by atoms with Crippen molar-refractivity contribution in [1.29, 1.82) is 0 Å². The smallest absolute Gasteiger partial charge is 0.328 e. The van der Waals surface area contributed by atoms with Gasteiger partial charge in [-0.25, -0.2) is 4.79 Å². The third kappa shape index (κ3) is 4.59. The molecule has 140 valence electrons. The van der Waals surface area contributed by atoms with Crippen molar-refractivity contribution in [2.24, 2.45) is 0 Å². The molecule has 1 saturated heterocycles. The van der Waals surface area contributed by atoms with Gasteiger partial charge in [0, 0.05) is 45.7 Å². The van der Waals surface area contributed by atoms with Crippen LogP contribution >= 0.6 is 0 Å². The summed E-state index contributed by atoms with van der Waals surface area (Å²) in [4.78, 5) is 40.7. The topological polar surface area (TPSA) is 99.2 Å². The SMILES string of the molecule is O=C(CCn1c(=O)[nH]c(=O)c2ccccc21)NCCCN1CCNCC1. The van der Waals surface area contributed by atoms with Crippen LogP contribution in [0, 0.1) is 0 Å². The quantitative estimate of drug-likeness (QED) is 0.579. The van der Waals surface area contributed by atoms with Crippen molar-refractivity contribution in [3.05, 3.63) is 45.1 Å². The van der Waals surface area contributed by atoms with E-state index in [9.17, 15) is 14.4 Å². The van der Waals surface area contributed by atoms with Crippen LogP contribution in [0.15, 0.2) is 33.9 Å². The first-order chi connectivity index (χ1) is 12.6. The second-order valence-corrected chi connectivity index (χ2v) is 6.47. The van der Waals surface area contributed by atoms with Gasteiger partial charge in [-0.1, -0.05) is 12.1 Å². The van der Waals surface area contributed by atoms with E-state index in [1.54, 1.807) is 24.3 Å². The lowest BCUT2D eigenvalue weighted by Gasteiger charge is -2.27. The first-order valence-corrected chi connectivity index (χ1v) is 9.07. The second kappa shape index (κ2) is 8.77. The Kier molecular flexibility index (Phi) is 6.19. The Morgan fingerprint density at radius 1 is 1.12 bits per heavy atom. The molecule has 3 rings (SSSR count). The number of nitrogens with zero attached hydrogens (tertiary/aromatic N) is 2. The molecule has 0 bridgehead atoms. The third-order valence-electron chi connectivity index (χ3n) is 4.65. The average Bonchev–Trinajstić information content (AvgIpc) is 2.66. The zero-order chi connectivity index (χ0) is 18.4. The molecule has 1 aromatic heterocycles. The summed E-state index contributed by atoms with van der Waals surface area (Å²) in [5, 5.41) is 6.67. The molecule has 1 aromatic carbocycles. The number of aromatic amines is 1. The van der Waals surface area contributed by atoms with Crippen molar-refractivity contribution in [2.45, 2.75) is 19.4 Å². The van der Waals surface area contributed by atoms with Crippen LogP contribution in [0.4, 0.5) is 0 Å². The maximum absolute atomic E-state index is 12.1. The Morgan fingerprint density at radius 3 is 2.69 bits per heavy atom. The fourth-order valence-electron chi connectivity index (χ4n) is 3.23. The van der Waals surface area contributed by atoms with E-state index in [-0.39, 0.29) is 18.9 Å². The Hall–Kier alpha value is -2.45. The lowest BCUT2D eigenvalue weighted by Crippen LogP contribution is -2.44. The summed E-state index contributed by atoms with van der Waals surface area (Å²) in [6.45, 7) is 5.99. The molecular formula is C18H25N5O3. The molecule has 0 spiro atoms. The van der Waals surface area contributed by atoms with Gasteiger partial charge >= 0.3 is 5.69 Å². The summed E-state index contributed by atoms with van der Waals surface area (Å²) in [7, 11) is 0. The lowest BCUT2D eigenvalue weighted by atomic mass is 10.2. The van der Waals surface area contributed by atoms with E-state index in [2.05, 4.69) is 20.5 Å². The van der Waals surface area contributed by atoms with Gasteiger partial charge in [-0.15, -0.1) is 0 Å². The molecule has 0 atom stereocenters. The molecule has 2 heterocycles. The van der Waals surface area contributed by atoms with E-state index in [0.717, 1.165) is 39.1 Å². The van der Waals surface area contributed by atoms with Gasteiger partial charge in [0.2, 0.25) is 5.91 Å². The van der Waals surface area contributed by atoms with Crippen LogP contribution in [0.2, 0.25) is 0 Å². The Morgan fingerprint density at radius 2 is 1.88 bits per heavy atom. The van der Waals surface area contributed by atoms with Gasteiger partial charge in [0.15, 0.2) is 0 Å². The molecule has 8 heteroatoms. The Bertz CT molecular complexity index is 867. The number of para-hydroxylation sites is 1. The van der Waals surface area contributed by atoms with Gasteiger partial charge in [-0.05, 0) is 25.1 Å². The number of carbonyl (C=O) groups excluding carboxylic acids is 1. The Balaban J connectivity index is 1.49.